The van der Waals surface area contributed by atoms with E-state index in [-0.39, 0.29) is 12.5 Å². The number of ether oxygens (including phenoxy) is 1. The summed E-state index contributed by atoms with van der Waals surface area (Å²) in [5.74, 6) is 5.88. The molecule has 3 N–H and O–H groups in total. The molecule has 1 saturated heterocycles. The Morgan fingerprint density at radius 3 is 3.05 bits per heavy atom. The Bertz CT molecular complexity index is 557. The molecule has 1 fully saturated rings. The molecule has 0 aromatic heterocycles. The third-order valence-electron chi connectivity index (χ3n) is 3.36. The number of benzene rings is 1. The smallest absolute Gasteiger partial charge is 0.251 e. The molecule has 1 heterocycles. The van der Waals surface area contributed by atoms with E-state index in [2.05, 4.69) is 17.2 Å². The maximum absolute atomic E-state index is 12.1. The van der Waals surface area contributed by atoms with Gasteiger partial charge in [-0.3, -0.25) is 4.79 Å². The molecule has 1 aliphatic heterocycles. The molecule has 2 rings (SSSR count). The Morgan fingerprint density at radius 1 is 1.52 bits per heavy atom. The highest BCUT2D eigenvalue weighted by atomic mass is 35.5. The summed E-state index contributed by atoms with van der Waals surface area (Å²) in [5, 5.41) is 3.39. The molecule has 0 aliphatic carbocycles. The van der Waals surface area contributed by atoms with Crippen molar-refractivity contribution in [2.45, 2.75) is 12.8 Å². The fraction of sp³-hybridized carbons (Fsp3) is 0.438. The van der Waals surface area contributed by atoms with Crippen LogP contribution in [-0.4, -0.2) is 32.2 Å². The van der Waals surface area contributed by atoms with Crippen LogP contribution in [0.15, 0.2) is 18.2 Å². The zero-order valence-corrected chi connectivity index (χ0v) is 12.6. The summed E-state index contributed by atoms with van der Waals surface area (Å²) in [7, 11) is 0. The van der Waals surface area contributed by atoms with Gasteiger partial charge in [-0.1, -0.05) is 23.4 Å². The number of carbonyl (C=O) groups is 1. The van der Waals surface area contributed by atoms with Gasteiger partial charge in [0.05, 0.1) is 18.2 Å². The van der Waals surface area contributed by atoms with Gasteiger partial charge in [-0.05, 0) is 37.0 Å². The summed E-state index contributed by atoms with van der Waals surface area (Å²) in [4.78, 5) is 12.1. The highest BCUT2D eigenvalue weighted by molar-refractivity contribution is 6.32. The number of nitrogens with one attached hydrogen (secondary N) is 1. The molecule has 1 unspecified atom stereocenters. The minimum Gasteiger partial charge on any atom is -0.381 e. The molecule has 1 amide bonds. The number of amides is 1. The maximum atomic E-state index is 12.1. The van der Waals surface area contributed by atoms with Gasteiger partial charge in [0.25, 0.3) is 5.91 Å². The van der Waals surface area contributed by atoms with E-state index in [1.165, 1.54) is 0 Å². The third-order valence-corrected chi connectivity index (χ3v) is 3.67. The van der Waals surface area contributed by atoms with Crippen molar-refractivity contribution in [1.82, 2.24) is 5.32 Å². The van der Waals surface area contributed by atoms with Gasteiger partial charge < -0.3 is 15.8 Å². The van der Waals surface area contributed by atoms with Crippen LogP contribution in [0.25, 0.3) is 0 Å². The molecule has 0 bridgehead atoms. The predicted molar refractivity (Wildman–Crippen MR) is 83.3 cm³/mol. The maximum Gasteiger partial charge on any atom is 0.251 e. The Kier molecular flexibility index (Phi) is 6.06. The molecule has 4 nitrogen and oxygen atoms in total. The summed E-state index contributed by atoms with van der Waals surface area (Å²) < 4.78 is 5.39. The molecule has 0 saturated carbocycles. The lowest BCUT2D eigenvalue weighted by Gasteiger charge is -2.22. The number of hydrogen-bond donors (Lipinski definition) is 2. The van der Waals surface area contributed by atoms with Crippen LogP contribution in [0.3, 0.4) is 0 Å². The fourth-order valence-electron chi connectivity index (χ4n) is 2.21. The first-order chi connectivity index (χ1) is 10.2. The lowest BCUT2D eigenvalue weighted by molar-refractivity contribution is 0.0536. The van der Waals surface area contributed by atoms with E-state index in [4.69, 9.17) is 22.1 Å². The van der Waals surface area contributed by atoms with Crippen molar-refractivity contribution in [1.29, 1.82) is 0 Å². The van der Waals surface area contributed by atoms with Crippen LogP contribution in [0.4, 0.5) is 0 Å². The Hall–Kier alpha value is -1.54. The lowest BCUT2D eigenvalue weighted by Crippen LogP contribution is -2.33. The molecule has 1 atom stereocenters. The molecular formula is C16H19ClN2O2. The fourth-order valence-corrected chi connectivity index (χ4v) is 2.44. The average Bonchev–Trinajstić information content (AvgIpc) is 2.52. The second kappa shape index (κ2) is 8.04. The standard InChI is InChI=1S/C16H19ClN2O2/c17-15-9-14(6-5-13(15)4-1-7-18)16(20)19-10-12-3-2-8-21-11-12/h5-6,9,12H,2-3,7-8,10-11,18H2,(H,19,20). The highest BCUT2D eigenvalue weighted by Gasteiger charge is 2.15. The molecule has 5 heteroatoms. The van der Waals surface area contributed by atoms with Gasteiger partial charge in [0, 0.05) is 24.3 Å². The van der Waals surface area contributed by atoms with E-state index < -0.39 is 0 Å². The summed E-state index contributed by atoms with van der Waals surface area (Å²) >= 11 is 6.11. The summed E-state index contributed by atoms with van der Waals surface area (Å²) in [6.07, 6.45) is 2.15. The van der Waals surface area contributed by atoms with Gasteiger partial charge in [-0.25, -0.2) is 0 Å². The number of hydrogen-bond acceptors (Lipinski definition) is 3. The van der Waals surface area contributed by atoms with Gasteiger partial charge in [-0.15, -0.1) is 0 Å². The molecular weight excluding hydrogens is 288 g/mol. The van der Waals surface area contributed by atoms with E-state index in [9.17, 15) is 4.79 Å². The van der Waals surface area contributed by atoms with Gasteiger partial charge in [0.15, 0.2) is 0 Å². The van der Waals surface area contributed by atoms with Crippen LogP contribution in [0, 0.1) is 17.8 Å². The van der Waals surface area contributed by atoms with Gasteiger partial charge in [0.2, 0.25) is 0 Å². The molecule has 0 spiro atoms. The number of halogens is 1. The number of nitrogens with two attached hydrogens (primary N) is 1. The monoisotopic (exact) mass is 306 g/mol. The summed E-state index contributed by atoms with van der Waals surface area (Å²) in [6.45, 7) is 2.45. The van der Waals surface area contributed by atoms with E-state index in [1.807, 2.05) is 0 Å². The second-order valence-corrected chi connectivity index (χ2v) is 5.40. The molecule has 21 heavy (non-hydrogen) atoms. The second-order valence-electron chi connectivity index (χ2n) is 4.99. The van der Waals surface area contributed by atoms with Crippen LogP contribution in [0.2, 0.25) is 5.02 Å². The normalized spacial score (nSPS) is 17.7. The Balaban J connectivity index is 1.94. The van der Waals surface area contributed by atoms with Crippen molar-refractivity contribution < 1.29 is 9.53 Å². The van der Waals surface area contributed by atoms with Crippen molar-refractivity contribution in [2.75, 3.05) is 26.3 Å². The minimum atomic E-state index is -0.124. The Labute approximate surface area is 130 Å². The number of rotatable bonds is 3. The lowest BCUT2D eigenvalue weighted by atomic mass is 10.0. The first-order valence-corrected chi connectivity index (χ1v) is 7.43. The molecule has 0 radical (unpaired) electrons. The number of carbonyl (C=O) groups excluding carboxylic acids is 1. The molecule has 1 aromatic rings. The van der Waals surface area contributed by atoms with Crippen molar-refractivity contribution in [2.24, 2.45) is 11.7 Å². The zero-order chi connectivity index (χ0) is 15.1. The molecule has 112 valence electrons. The Morgan fingerprint density at radius 2 is 2.38 bits per heavy atom. The third kappa shape index (κ3) is 4.75. The topological polar surface area (TPSA) is 64.4 Å². The van der Waals surface area contributed by atoms with E-state index in [0.29, 0.717) is 35.2 Å². The van der Waals surface area contributed by atoms with Crippen LogP contribution in [0.5, 0.6) is 0 Å². The van der Waals surface area contributed by atoms with E-state index in [0.717, 1.165) is 19.4 Å². The van der Waals surface area contributed by atoms with Crippen LogP contribution in [0.1, 0.15) is 28.8 Å². The van der Waals surface area contributed by atoms with Crippen LogP contribution < -0.4 is 11.1 Å². The first kappa shape index (κ1) is 15.8. The minimum absolute atomic E-state index is 0.124. The van der Waals surface area contributed by atoms with E-state index in [1.54, 1.807) is 18.2 Å². The quantitative estimate of drug-likeness (QED) is 0.837. The highest BCUT2D eigenvalue weighted by Crippen LogP contribution is 2.17. The van der Waals surface area contributed by atoms with Crippen molar-refractivity contribution in [3.8, 4) is 11.8 Å². The van der Waals surface area contributed by atoms with E-state index >= 15 is 0 Å². The average molecular weight is 307 g/mol. The van der Waals surface area contributed by atoms with Gasteiger partial charge in [0.1, 0.15) is 0 Å². The van der Waals surface area contributed by atoms with Gasteiger partial charge >= 0.3 is 0 Å². The molecule has 1 aliphatic rings. The predicted octanol–water partition coefficient (Wildman–Crippen LogP) is 1.81. The summed E-state index contributed by atoms with van der Waals surface area (Å²) in [6, 6.07) is 5.09. The van der Waals surface area contributed by atoms with Crippen LogP contribution >= 0.6 is 11.6 Å². The van der Waals surface area contributed by atoms with Crippen molar-refractivity contribution in [3.63, 3.8) is 0 Å². The van der Waals surface area contributed by atoms with Crippen LogP contribution in [-0.2, 0) is 4.74 Å². The SMILES string of the molecule is NCC#Cc1ccc(C(=O)NCC2CCCOC2)cc1Cl. The zero-order valence-electron chi connectivity index (χ0n) is 11.8. The van der Waals surface area contributed by atoms with Crippen molar-refractivity contribution >= 4 is 17.5 Å². The summed E-state index contributed by atoms with van der Waals surface area (Å²) in [5.41, 5.74) is 6.54. The largest absolute Gasteiger partial charge is 0.381 e. The van der Waals surface area contributed by atoms with Crippen molar-refractivity contribution in [3.05, 3.63) is 34.3 Å². The van der Waals surface area contributed by atoms with Gasteiger partial charge in [-0.2, -0.15) is 0 Å². The molecule has 1 aromatic carbocycles. The first-order valence-electron chi connectivity index (χ1n) is 7.05.